The van der Waals surface area contributed by atoms with Crippen molar-refractivity contribution in [2.24, 2.45) is 5.92 Å². The number of nitrogens with one attached hydrogen (secondary N) is 1. The molecule has 1 aromatic carbocycles. The summed E-state index contributed by atoms with van der Waals surface area (Å²) in [4.78, 5) is 26.1. The number of likely N-dealkylation sites (tertiary alicyclic amines) is 1. The average Bonchev–Trinajstić information content (AvgIpc) is 2.56. The molecule has 6 heteroatoms. The standard InChI is InChI=1S/C17H23FN2O3/c1-3-23-17(22)13-7-6-10-20(11-13)12(2)16(21)19-15-9-5-4-8-14(15)18/h4-5,8-9,12-13H,3,6-7,10-11H2,1-2H3,(H,19,21). The Bertz CT molecular complexity index is 565. The van der Waals surface area contributed by atoms with Gasteiger partial charge in [0.15, 0.2) is 0 Å². The number of amides is 1. The van der Waals surface area contributed by atoms with Crippen LogP contribution in [-0.2, 0) is 14.3 Å². The highest BCUT2D eigenvalue weighted by Gasteiger charge is 2.31. The number of para-hydroxylation sites is 1. The molecule has 1 aliphatic heterocycles. The van der Waals surface area contributed by atoms with Gasteiger partial charge in [-0.1, -0.05) is 12.1 Å². The van der Waals surface area contributed by atoms with Crippen LogP contribution in [0.25, 0.3) is 0 Å². The molecule has 1 heterocycles. The second-order valence-corrected chi connectivity index (χ2v) is 5.73. The van der Waals surface area contributed by atoms with Crippen LogP contribution in [0.2, 0.25) is 0 Å². The minimum absolute atomic E-state index is 0.170. The number of esters is 1. The van der Waals surface area contributed by atoms with Gasteiger partial charge in [0.1, 0.15) is 5.82 Å². The summed E-state index contributed by atoms with van der Waals surface area (Å²) in [6, 6.07) is 5.63. The van der Waals surface area contributed by atoms with Gasteiger partial charge in [0.2, 0.25) is 5.91 Å². The van der Waals surface area contributed by atoms with Crippen molar-refractivity contribution in [3.05, 3.63) is 30.1 Å². The van der Waals surface area contributed by atoms with Crippen molar-refractivity contribution in [2.45, 2.75) is 32.7 Å². The van der Waals surface area contributed by atoms with Gasteiger partial charge >= 0.3 is 5.97 Å². The maximum Gasteiger partial charge on any atom is 0.310 e. The smallest absolute Gasteiger partial charge is 0.310 e. The fourth-order valence-electron chi connectivity index (χ4n) is 2.78. The zero-order chi connectivity index (χ0) is 16.8. The van der Waals surface area contributed by atoms with Gasteiger partial charge in [-0.05, 0) is 45.4 Å². The molecule has 126 valence electrons. The Hall–Kier alpha value is -1.95. The Kier molecular flexibility index (Phi) is 6.10. The summed E-state index contributed by atoms with van der Waals surface area (Å²) < 4.78 is 18.7. The van der Waals surface area contributed by atoms with E-state index in [1.54, 1.807) is 26.0 Å². The van der Waals surface area contributed by atoms with Crippen LogP contribution in [0.1, 0.15) is 26.7 Å². The summed E-state index contributed by atoms with van der Waals surface area (Å²) in [5.41, 5.74) is 0.170. The first-order valence-corrected chi connectivity index (χ1v) is 7.99. The van der Waals surface area contributed by atoms with Crippen LogP contribution in [0.4, 0.5) is 10.1 Å². The number of anilines is 1. The number of rotatable bonds is 5. The van der Waals surface area contributed by atoms with Gasteiger partial charge in [0.25, 0.3) is 0 Å². The Morgan fingerprint density at radius 1 is 1.43 bits per heavy atom. The molecule has 1 N–H and O–H groups in total. The number of hydrogen-bond acceptors (Lipinski definition) is 4. The number of carbonyl (C=O) groups is 2. The van der Waals surface area contributed by atoms with Gasteiger partial charge in [-0.2, -0.15) is 0 Å². The van der Waals surface area contributed by atoms with E-state index in [2.05, 4.69) is 5.32 Å². The lowest BCUT2D eigenvalue weighted by Gasteiger charge is -2.35. The van der Waals surface area contributed by atoms with E-state index < -0.39 is 11.9 Å². The SMILES string of the molecule is CCOC(=O)C1CCCN(C(C)C(=O)Nc2ccccc2F)C1. The first kappa shape index (κ1) is 17.4. The molecule has 1 aliphatic rings. The van der Waals surface area contributed by atoms with Crippen molar-refractivity contribution in [1.29, 1.82) is 0 Å². The largest absolute Gasteiger partial charge is 0.466 e. The molecule has 2 rings (SSSR count). The van der Waals surface area contributed by atoms with E-state index in [9.17, 15) is 14.0 Å². The molecule has 0 bridgehead atoms. The Morgan fingerprint density at radius 3 is 2.87 bits per heavy atom. The van der Waals surface area contributed by atoms with Gasteiger partial charge in [-0.15, -0.1) is 0 Å². The normalized spacial score (nSPS) is 19.9. The Labute approximate surface area is 135 Å². The number of carbonyl (C=O) groups excluding carboxylic acids is 2. The van der Waals surface area contributed by atoms with E-state index in [1.165, 1.54) is 12.1 Å². The number of halogens is 1. The Balaban J connectivity index is 1.96. The van der Waals surface area contributed by atoms with Crippen LogP contribution < -0.4 is 5.32 Å². The molecule has 1 saturated heterocycles. The van der Waals surface area contributed by atoms with E-state index in [0.29, 0.717) is 13.2 Å². The van der Waals surface area contributed by atoms with Crippen LogP contribution in [-0.4, -0.2) is 42.5 Å². The average molecular weight is 322 g/mol. The zero-order valence-corrected chi connectivity index (χ0v) is 13.5. The molecule has 0 saturated carbocycles. The van der Waals surface area contributed by atoms with Crippen LogP contribution in [0.5, 0.6) is 0 Å². The van der Waals surface area contributed by atoms with E-state index in [1.807, 2.05) is 4.90 Å². The zero-order valence-electron chi connectivity index (χ0n) is 13.5. The minimum atomic E-state index is -0.462. The van der Waals surface area contributed by atoms with E-state index in [4.69, 9.17) is 4.74 Å². The molecule has 1 aromatic rings. The highest BCUT2D eigenvalue weighted by atomic mass is 19.1. The van der Waals surface area contributed by atoms with Gasteiger partial charge in [0.05, 0.1) is 24.3 Å². The fraction of sp³-hybridized carbons (Fsp3) is 0.529. The summed E-state index contributed by atoms with van der Waals surface area (Å²) in [6.07, 6.45) is 1.61. The predicted molar refractivity (Wildman–Crippen MR) is 85.4 cm³/mol. The number of nitrogens with zero attached hydrogens (tertiary/aromatic N) is 1. The lowest BCUT2D eigenvalue weighted by atomic mass is 9.97. The Morgan fingerprint density at radius 2 is 2.17 bits per heavy atom. The number of hydrogen-bond donors (Lipinski definition) is 1. The predicted octanol–water partition coefficient (Wildman–Crippen LogP) is 2.43. The minimum Gasteiger partial charge on any atom is -0.466 e. The first-order valence-electron chi connectivity index (χ1n) is 7.99. The number of piperidine rings is 1. The van der Waals surface area contributed by atoms with Gasteiger partial charge < -0.3 is 10.1 Å². The van der Waals surface area contributed by atoms with E-state index >= 15 is 0 Å². The number of benzene rings is 1. The third-order valence-corrected chi connectivity index (χ3v) is 4.13. The summed E-state index contributed by atoms with van der Waals surface area (Å²) in [5.74, 6) is -1.15. The lowest BCUT2D eigenvalue weighted by molar-refractivity contribution is -0.150. The maximum atomic E-state index is 13.6. The van der Waals surface area contributed by atoms with Crippen molar-refractivity contribution >= 4 is 17.6 Å². The van der Waals surface area contributed by atoms with Crippen molar-refractivity contribution < 1.29 is 18.7 Å². The van der Waals surface area contributed by atoms with Crippen molar-refractivity contribution in [3.63, 3.8) is 0 Å². The second-order valence-electron chi connectivity index (χ2n) is 5.73. The first-order chi connectivity index (χ1) is 11.0. The van der Waals surface area contributed by atoms with Crippen LogP contribution in [0.15, 0.2) is 24.3 Å². The van der Waals surface area contributed by atoms with Crippen LogP contribution in [0, 0.1) is 11.7 Å². The van der Waals surface area contributed by atoms with Gasteiger partial charge in [-0.3, -0.25) is 14.5 Å². The second kappa shape index (κ2) is 8.06. The maximum absolute atomic E-state index is 13.6. The fourth-order valence-corrected chi connectivity index (χ4v) is 2.78. The van der Waals surface area contributed by atoms with Crippen molar-refractivity contribution in [3.8, 4) is 0 Å². The highest BCUT2D eigenvalue weighted by molar-refractivity contribution is 5.94. The monoisotopic (exact) mass is 322 g/mol. The molecule has 1 fully saturated rings. The lowest BCUT2D eigenvalue weighted by Crippen LogP contribution is -2.48. The van der Waals surface area contributed by atoms with E-state index in [-0.39, 0.29) is 23.5 Å². The van der Waals surface area contributed by atoms with Crippen molar-refractivity contribution in [2.75, 3.05) is 25.0 Å². The molecule has 0 spiro atoms. The topological polar surface area (TPSA) is 58.6 Å². The molecule has 0 aliphatic carbocycles. The molecule has 5 nitrogen and oxygen atoms in total. The van der Waals surface area contributed by atoms with Gasteiger partial charge in [0, 0.05) is 6.54 Å². The molecule has 0 aromatic heterocycles. The quantitative estimate of drug-likeness (QED) is 0.846. The summed E-state index contributed by atoms with van der Waals surface area (Å²) in [5, 5.41) is 2.60. The molecule has 0 radical (unpaired) electrons. The summed E-state index contributed by atoms with van der Waals surface area (Å²) in [7, 11) is 0. The van der Waals surface area contributed by atoms with Crippen LogP contribution in [0.3, 0.4) is 0 Å². The molecular formula is C17H23FN2O3. The third-order valence-electron chi connectivity index (χ3n) is 4.13. The van der Waals surface area contributed by atoms with Crippen LogP contribution >= 0.6 is 0 Å². The van der Waals surface area contributed by atoms with Crippen molar-refractivity contribution in [1.82, 2.24) is 4.90 Å². The number of ether oxygens (including phenoxy) is 1. The highest BCUT2D eigenvalue weighted by Crippen LogP contribution is 2.21. The van der Waals surface area contributed by atoms with Gasteiger partial charge in [-0.25, -0.2) is 4.39 Å². The van der Waals surface area contributed by atoms with E-state index in [0.717, 1.165) is 19.4 Å². The summed E-state index contributed by atoms with van der Waals surface area (Å²) >= 11 is 0. The summed E-state index contributed by atoms with van der Waals surface area (Å²) in [6.45, 7) is 5.14. The molecule has 1 amide bonds. The molecule has 2 atom stereocenters. The molecule has 2 unspecified atom stereocenters. The molecular weight excluding hydrogens is 299 g/mol. The third kappa shape index (κ3) is 4.51. The molecule has 23 heavy (non-hydrogen) atoms.